The molecule has 0 radical (unpaired) electrons. The molecule has 1 aromatic rings. The lowest BCUT2D eigenvalue weighted by molar-refractivity contribution is 0.109. The van der Waals surface area contributed by atoms with Crippen molar-refractivity contribution in [3.8, 4) is 5.75 Å². The average Bonchev–Trinajstić information content (AvgIpc) is 2.22. The van der Waals surface area contributed by atoms with Crippen LogP contribution in [0.4, 0.5) is 0 Å². The molecule has 0 aromatic heterocycles. The van der Waals surface area contributed by atoms with Crippen LogP contribution in [0.15, 0.2) is 12.1 Å². The molecular weight excluding hydrogens is 190 g/mol. The quantitative estimate of drug-likeness (QED) is 0.769. The fourth-order valence-electron chi connectivity index (χ4n) is 1.54. The lowest BCUT2D eigenvalue weighted by Gasteiger charge is -2.13. The molecular formula is C12H19NO2. The van der Waals surface area contributed by atoms with Crippen molar-refractivity contribution in [1.29, 1.82) is 0 Å². The maximum atomic E-state index is 5.72. The van der Waals surface area contributed by atoms with Crippen LogP contribution >= 0.6 is 0 Å². The molecule has 0 bridgehead atoms. The van der Waals surface area contributed by atoms with Gasteiger partial charge in [0, 0.05) is 13.5 Å². The number of hydrogen-bond donors (Lipinski definition) is 1. The zero-order valence-corrected chi connectivity index (χ0v) is 9.83. The van der Waals surface area contributed by atoms with Crippen LogP contribution in [0.5, 0.6) is 5.75 Å². The fraction of sp³-hybridized carbons (Fsp3) is 0.500. The van der Waals surface area contributed by atoms with Crippen molar-refractivity contribution in [3.63, 3.8) is 0 Å². The number of methoxy groups -OCH3 is 2. The van der Waals surface area contributed by atoms with E-state index in [-0.39, 0.29) is 6.23 Å². The van der Waals surface area contributed by atoms with Gasteiger partial charge >= 0.3 is 0 Å². The van der Waals surface area contributed by atoms with Gasteiger partial charge in [0.1, 0.15) is 12.0 Å². The predicted molar refractivity (Wildman–Crippen MR) is 61.2 cm³/mol. The summed E-state index contributed by atoms with van der Waals surface area (Å²) in [5.41, 5.74) is 9.25. The summed E-state index contributed by atoms with van der Waals surface area (Å²) in [6.07, 6.45) is 0.449. The van der Waals surface area contributed by atoms with Crippen LogP contribution in [-0.2, 0) is 11.2 Å². The van der Waals surface area contributed by atoms with Crippen LogP contribution in [0.3, 0.4) is 0 Å². The van der Waals surface area contributed by atoms with E-state index in [0.29, 0.717) is 6.42 Å². The minimum atomic E-state index is -0.253. The molecule has 0 heterocycles. The van der Waals surface area contributed by atoms with E-state index in [4.69, 9.17) is 15.2 Å². The summed E-state index contributed by atoms with van der Waals surface area (Å²) < 4.78 is 10.3. The molecule has 1 unspecified atom stereocenters. The van der Waals surface area contributed by atoms with Gasteiger partial charge in [-0.2, -0.15) is 0 Å². The number of benzene rings is 1. The highest BCUT2D eigenvalue weighted by Gasteiger charge is 2.07. The van der Waals surface area contributed by atoms with Crippen molar-refractivity contribution >= 4 is 0 Å². The molecule has 0 aliphatic carbocycles. The largest absolute Gasteiger partial charge is 0.496 e. The van der Waals surface area contributed by atoms with Gasteiger partial charge in [-0.05, 0) is 36.6 Å². The highest BCUT2D eigenvalue weighted by Crippen LogP contribution is 2.23. The summed E-state index contributed by atoms with van der Waals surface area (Å²) in [7, 11) is 3.30. The molecule has 1 aromatic carbocycles. The van der Waals surface area contributed by atoms with Crippen LogP contribution in [0.25, 0.3) is 0 Å². The van der Waals surface area contributed by atoms with E-state index in [9.17, 15) is 0 Å². The lowest BCUT2D eigenvalue weighted by atomic mass is 10.0. The first kappa shape index (κ1) is 12.0. The Hall–Kier alpha value is -1.06. The summed E-state index contributed by atoms with van der Waals surface area (Å²) in [4.78, 5) is 0. The molecule has 2 N–H and O–H groups in total. The Kier molecular flexibility index (Phi) is 4.12. The van der Waals surface area contributed by atoms with Gasteiger partial charge < -0.3 is 15.2 Å². The average molecular weight is 209 g/mol. The fourth-order valence-corrected chi connectivity index (χ4v) is 1.54. The minimum Gasteiger partial charge on any atom is -0.496 e. The Morgan fingerprint density at radius 2 is 1.93 bits per heavy atom. The second-order valence-electron chi connectivity index (χ2n) is 3.72. The number of ether oxygens (including phenoxy) is 2. The van der Waals surface area contributed by atoms with Crippen LogP contribution < -0.4 is 10.5 Å². The van der Waals surface area contributed by atoms with Crippen LogP contribution in [0.1, 0.15) is 16.7 Å². The van der Waals surface area contributed by atoms with E-state index < -0.39 is 0 Å². The standard InChI is InChI=1S/C12H19NO2/c1-8-5-10(7-12(13)15-4)6-11(14-3)9(8)2/h5-6,12H,7,13H2,1-4H3. The molecule has 0 aliphatic heterocycles. The van der Waals surface area contributed by atoms with Gasteiger partial charge in [-0.3, -0.25) is 0 Å². The molecule has 15 heavy (non-hydrogen) atoms. The van der Waals surface area contributed by atoms with E-state index in [1.54, 1.807) is 14.2 Å². The first-order valence-corrected chi connectivity index (χ1v) is 5.01. The molecule has 0 saturated carbocycles. The highest BCUT2D eigenvalue weighted by molar-refractivity contribution is 5.42. The Labute approximate surface area is 91.2 Å². The van der Waals surface area contributed by atoms with Gasteiger partial charge in [-0.1, -0.05) is 6.07 Å². The van der Waals surface area contributed by atoms with Crippen molar-refractivity contribution in [1.82, 2.24) is 0 Å². The van der Waals surface area contributed by atoms with E-state index in [0.717, 1.165) is 11.3 Å². The molecule has 0 spiro atoms. The van der Waals surface area contributed by atoms with Gasteiger partial charge in [0.2, 0.25) is 0 Å². The van der Waals surface area contributed by atoms with Gasteiger partial charge in [0.25, 0.3) is 0 Å². The number of hydrogen-bond acceptors (Lipinski definition) is 3. The first-order chi connectivity index (χ1) is 7.08. The summed E-state index contributed by atoms with van der Waals surface area (Å²) in [5.74, 6) is 0.910. The number of rotatable bonds is 4. The molecule has 84 valence electrons. The van der Waals surface area contributed by atoms with Crippen molar-refractivity contribution in [2.24, 2.45) is 5.73 Å². The van der Waals surface area contributed by atoms with Gasteiger partial charge in [-0.15, -0.1) is 0 Å². The smallest absolute Gasteiger partial charge is 0.122 e. The zero-order valence-electron chi connectivity index (χ0n) is 9.83. The Bertz CT molecular complexity index is 337. The van der Waals surface area contributed by atoms with Gasteiger partial charge in [0.15, 0.2) is 0 Å². The van der Waals surface area contributed by atoms with Crippen molar-refractivity contribution in [2.45, 2.75) is 26.5 Å². The molecule has 0 saturated heterocycles. The third kappa shape index (κ3) is 2.94. The third-order valence-electron chi connectivity index (χ3n) is 2.64. The minimum absolute atomic E-state index is 0.253. The molecule has 0 aliphatic rings. The predicted octanol–water partition coefficient (Wildman–Crippen LogP) is 1.79. The molecule has 1 rings (SSSR count). The van der Waals surface area contributed by atoms with Crippen molar-refractivity contribution < 1.29 is 9.47 Å². The highest BCUT2D eigenvalue weighted by atomic mass is 16.5. The van der Waals surface area contributed by atoms with Crippen molar-refractivity contribution in [3.05, 3.63) is 28.8 Å². The zero-order chi connectivity index (χ0) is 11.4. The summed E-state index contributed by atoms with van der Waals surface area (Å²) in [5, 5.41) is 0. The Balaban J connectivity index is 2.95. The van der Waals surface area contributed by atoms with E-state index >= 15 is 0 Å². The maximum Gasteiger partial charge on any atom is 0.122 e. The van der Waals surface area contributed by atoms with Gasteiger partial charge in [0.05, 0.1) is 7.11 Å². The van der Waals surface area contributed by atoms with Crippen LogP contribution in [0.2, 0.25) is 0 Å². The first-order valence-electron chi connectivity index (χ1n) is 5.01. The van der Waals surface area contributed by atoms with Gasteiger partial charge in [-0.25, -0.2) is 0 Å². The lowest BCUT2D eigenvalue weighted by Crippen LogP contribution is -2.24. The molecule has 3 nitrogen and oxygen atoms in total. The van der Waals surface area contributed by atoms with E-state index in [1.807, 2.05) is 13.0 Å². The van der Waals surface area contributed by atoms with Crippen molar-refractivity contribution in [2.75, 3.05) is 14.2 Å². The third-order valence-corrected chi connectivity index (χ3v) is 2.64. The Morgan fingerprint density at radius 3 is 2.47 bits per heavy atom. The monoisotopic (exact) mass is 209 g/mol. The normalized spacial score (nSPS) is 12.6. The van der Waals surface area contributed by atoms with Crippen LogP contribution in [-0.4, -0.2) is 20.4 Å². The Morgan fingerprint density at radius 1 is 1.27 bits per heavy atom. The second kappa shape index (κ2) is 5.14. The number of aryl methyl sites for hydroxylation is 1. The van der Waals surface area contributed by atoms with Crippen LogP contribution in [0, 0.1) is 13.8 Å². The van der Waals surface area contributed by atoms with E-state index in [2.05, 4.69) is 13.0 Å². The van der Waals surface area contributed by atoms with E-state index in [1.165, 1.54) is 11.1 Å². The second-order valence-corrected chi connectivity index (χ2v) is 3.72. The molecule has 3 heteroatoms. The molecule has 1 atom stereocenters. The molecule has 0 amide bonds. The molecule has 0 fully saturated rings. The summed E-state index contributed by atoms with van der Waals surface area (Å²) in [6, 6.07) is 4.14. The topological polar surface area (TPSA) is 44.5 Å². The number of nitrogens with two attached hydrogens (primary N) is 1. The summed E-state index contributed by atoms with van der Waals surface area (Å²) in [6.45, 7) is 4.12. The SMILES string of the molecule is COc1cc(CC(N)OC)cc(C)c1C. The summed E-state index contributed by atoms with van der Waals surface area (Å²) >= 11 is 0. The maximum absolute atomic E-state index is 5.72.